The third-order valence-corrected chi connectivity index (χ3v) is 16.5. The maximum Gasteiger partial charge on any atom is 0.329 e. The molecular formula is C59H89N5O13. The van der Waals surface area contributed by atoms with Crippen molar-refractivity contribution >= 4 is 29.1 Å². The zero-order valence-corrected chi connectivity index (χ0v) is 47.5. The van der Waals surface area contributed by atoms with Gasteiger partial charge in [0.15, 0.2) is 0 Å². The molecule has 3 aliphatic heterocycles. The van der Waals surface area contributed by atoms with Crippen molar-refractivity contribution in [3.05, 3.63) is 87.9 Å². The Hall–Kier alpha value is -4.75. The highest BCUT2D eigenvalue weighted by Crippen LogP contribution is 2.38. The van der Waals surface area contributed by atoms with E-state index in [0.717, 1.165) is 17.6 Å². The highest BCUT2D eigenvalue weighted by atomic mass is 16.6. The second-order valence-corrected chi connectivity index (χ2v) is 22.2. The van der Waals surface area contributed by atoms with Gasteiger partial charge in [0.1, 0.15) is 31.0 Å². The number of azide groups is 1. The van der Waals surface area contributed by atoms with E-state index in [9.17, 15) is 29.7 Å². The molecule has 0 aromatic heterocycles. The number of esters is 1. The van der Waals surface area contributed by atoms with E-state index in [1.807, 2.05) is 65.0 Å². The van der Waals surface area contributed by atoms with Gasteiger partial charge in [-0.1, -0.05) is 106 Å². The second kappa shape index (κ2) is 30.6. The number of allylic oxidation sites excluding steroid dienone is 5. The van der Waals surface area contributed by atoms with Crippen LogP contribution in [0.5, 0.6) is 0 Å². The lowest BCUT2D eigenvalue weighted by atomic mass is 9.78. The number of aliphatic hydroxyl groups excluding tert-OH is 2. The van der Waals surface area contributed by atoms with Crippen LogP contribution in [0, 0.1) is 35.5 Å². The van der Waals surface area contributed by atoms with Gasteiger partial charge in [-0.15, -0.1) is 0 Å². The number of ketones is 1. The standard InChI is InChI=1S/C59H89N5O13/c1-36-17-13-12-14-18-37(2)49(71-8)33-46-26-20-42(7)59(70,77-46)56(67)57(68)64-28-16-15-19-47(64)58(69)76-51(39(4)31-44-23-27-48(65)52(32-44)73-10)34-50(72-9)38(3)30-41(6)54(66)55(74-11)53(40(5)29-36)62-75-35-43-21-24-45(25-22-43)61-63-60/h12-14,17-18,21-22,24-25,30,36,38-40,42,44,46-52,54-55,65-66,70H,15-16,19-20,23,26-29,31-35H2,1-11H3/b14-12+,17-13+,37-18+,41-30+,62-53?/t36-,38-,39-,40-,42-,44+,46+,47+,48-,49+,50-,51+,52-,54-,55+,59-/m1/s1. The van der Waals surface area contributed by atoms with Crippen molar-refractivity contribution in [3.63, 3.8) is 0 Å². The minimum atomic E-state index is -2.42. The number of nitrogens with zero attached hydrogens (tertiary/aromatic N) is 5. The number of benzene rings is 1. The van der Waals surface area contributed by atoms with Crippen molar-refractivity contribution in [1.29, 1.82) is 0 Å². The highest BCUT2D eigenvalue weighted by molar-refractivity contribution is 6.39. The number of amides is 1. The normalized spacial score (nSPS) is 37.2. The van der Waals surface area contributed by atoms with Crippen LogP contribution >= 0.6 is 0 Å². The van der Waals surface area contributed by atoms with E-state index >= 15 is 0 Å². The maximum absolute atomic E-state index is 14.7. The van der Waals surface area contributed by atoms with Gasteiger partial charge in [0.25, 0.3) is 11.7 Å². The van der Waals surface area contributed by atoms with Crippen LogP contribution in [0.4, 0.5) is 5.69 Å². The number of hydrogen-bond donors (Lipinski definition) is 3. The number of oxime groups is 1. The average molecular weight is 1080 g/mol. The number of carbonyl (C=O) groups excluding carboxylic acids is 3. The van der Waals surface area contributed by atoms with E-state index in [1.165, 1.54) is 12.0 Å². The zero-order chi connectivity index (χ0) is 56.4. The van der Waals surface area contributed by atoms with Crippen LogP contribution in [0.25, 0.3) is 10.4 Å². The molecule has 2 saturated heterocycles. The van der Waals surface area contributed by atoms with Gasteiger partial charge in [-0.3, -0.25) is 9.59 Å². The first-order chi connectivity index (χ1) is 36.8. The van der Waals surface area contributed by atoms with Gasteiger partial charge in [-0.25, -0.2) is 4.79 Å². The fraction of sp³-hybridized carbons (Fsp3) is 0.695. The van der Waals surface area contributed by atoms with Crippen LogP contribution < -0.4 is 0 Å². The molecule has 1 aromatic carbocycles. The monoisotopic (exact) mass is 1080 g/mol. The molecule has 428 valence electrons. The summed E-state index contributed by atoms with van der Waals surface area (Å²) in [5.41, 5.74) is 12.1. The van der Waals surface area contributed by atoms with Crippen molar-refractivity contribution in [2.75, 3.05) is 35.0 Å². The molecule has 2 bridgehead atoms. The Morgan fingerprint density at radius 2 is 1.57 bits per heavy atom. The molecule has 0 radical (unpaired) electrons. The molecule has 3 N–H and O–H groups in total. The summed E-state index contributed by atoms with van der Waals surface area (Å²) < 4.78 is 36.6. The van der Waals surface area contributed by atoms with Gasteiger partial charge in [0, 0.05) is 76.2 Å². The van der Waals surface area contributed by atoms with Crippen molar-refractivity contribution in [2.45, 2.75) is 193 Å². The first kappa shape index (κ1) is 63.1. The summed E-state index contributed by atoms with van der Waals surface area (Å²) >= 11 is 0. The van der Waals surface area contributed by atoms with Gasteiger partial charge in [0.05, 0.1) is 36.2 Å². The van der Waals surface area contributed by atoms with Crippen molar-refractivity contribution < 1.29 is 63.0 Å². The van der Waals surface area contributed by atoms with Crippen LogP contribution in [0.1, 0.15) is 131 Å². The van der Waals surface area contributed by atoms with Crippen molar-refractivity contribution in [1.82, 2.24) is 4.90 Å². The minimum absolute atomic E-state index is 0.0604. The Morgan fingerprint density at radius 1 is 0.844 bits per heavy atom. The first-order valence-electron chi connectivity index (χ1n) is 27.8. The Kier molecular flexibility index (Phi) is 25.0. The first-order valence-corrected chi connectivity index (χ1v) is 27.8. The van der Waals surface area contributed by atoms with Gasteiger partial charge in [-0.05, 0) is 118 Å². The van der Waals surface area contributed by atoms with E-state index in [4.69, 9.17) is 38.8 Å². The van der Waals surface area contributed by atoms with Gasteiger partial charge in [0.2, 0.25) is 5.79 Å². The molecule has 18 nitrogen and oxygen atoms in total. The fourth-order valence-electron chi connectivity index (χ4n) is 11.6. The van der Waals surface area contributed by atoms with E-state index < -0.39 is 78.1 Å². The van der Waals surface area contributed by atoms with E-state index in [-0.39, 0.29) is 61.7 Å². The molecular weight excluding hydrogens is 987 g/mol. The molecule has 18 heteroatoms. The summed E-state index contributed by atoms with van der Waals surface area (Å²) in [6, 6.07) is 5.89. The number of Topliss-reactive ketones (excluding diaryl/α,β-unsaturated/α-hetero) is 1. The van der Waals surface area contributed by atoms with E-state index in [2.05, 4.69) is 28.2 Å². The molecule has 5 rings (SSSR count). The predicted octanol–water partition coefficient (Wildman–Crippen LogP) is 9.57. The summed E-state index contributed by atoms with van der Waals surface area (Å²) in [5, 5.41) is 43.2. The number of rotatable bonds is 11. The summed E-state index contributed by atoms with van der Waals surface area (Å²) in [5.74, 6) is -6.39. The van der Waals surface area contributed by atoms with Crippen LogP contribution in [0.2, 0.25) is 0 Å². The summed E-state index contributed by atoms with van der Waals surface area (Å²) in [6.07, 6.45) is 12.8. The topological polar surface area (TPSA) is 241 Å². The van der Waals surface area contributed by atoms with Crippen LogP contribution in [0.15, 0.2) is 82.1 Å². The third kappa shape index (κ3) is 17.4. The number of piperidine rings is 1. The summed E-state index contributed by atoms with van der Waals surface area (Å²) in [6.45, 7) is 13.8. The Bertz CT molecular complexity index is 2280. The van der Waals surface area contributed by atoms with E-state index in [1.54, 1.807) is 52.5 Å². The molecule has 1 amide bonds. The number of ether oxygens (including phenoxy) is 6. The third-order valence-electron chi connectivity index (χ3n) is 16.5. The number of cyclic esters (lactones) is 1. The largest absolute Gasteiger partial charge is 0.460 e. The lowest BCUT2D eigenvalue weighted by molar-refractivity contribution is -0.265. The molecule has 4 aliphatic rings. The molecule has 1 aliphatic carbocycles. The van der Waals surface area contributed by atoms with Gasteiger partial charge >= 0.3 is 5.97 Å². The molecule has 0 unspecified atom stereocenters. The Labute approximate surface area is 456 Å². The van der Waals surface area contributed by atoms with Gasteiger partial charge in [-0.2, -0.15) is 0 Å². The highest BCUT2D eigenvalue weighted by Gasteiger charge is 2.53. The Morgan fingerprint density at radius 3 is 2.25 bits per heavy atom. The maximum atomic E-state index is 14.7. The molecule has 1 saturated carbocycles. The Balaban J connectivity index is 1.53. The van der Waals surface area contributed by atoms with Crippen LogP contribution in [0.3, 0.4) is 0 Å². The number of aliphatic hydroxyl groups is 3. The minimum Gasteiger partial charge on any atom is -0.460 e. The molecule has 77 heavy (non-hydrogen) atoms. The molecule has 3 heterocycles. The lowest BCUT2D eigenvalue weighted by Gasteiger charge is -2.43. The van der Waals surface area contributed by atoms with Crippen molar-refractivity contribution in [3.8, 4) is 0 Å². The molecule has 0 spiro atoms. The summed E-state index contributed by atoms with van der Waals surface area (Å²) in [7, 11) is 6.33. The molecule has 3 fully saturated rings. The van der Waals surface area contributed by atoms with Crippen LogP contribution in [-0.4, -0.2) is 139 Å². The van der Waals surface area contributed by atoms with Gasteiger partial charge < -0.3 is 53.5 Å². The number of methoxy groups -OCH3 is 4. The van der Waals surface area contributed by atoms with Crippen molar-refractivity contribution in [2.24, 2.45) is 45.8 Å². The quantitative estimate of drug-likeness (QED) is 0.0356. The fourth-order valence-corrected chi connectivity index (χ4v) is 11.6. The molecule has 16 atom stereocenters. The summed E-state index contributed by atoms with van der Waals surface area (Å²) in [4.78, 5) is 53.6. The molecule has 1 aromatic rings. The predicted molar refractivity (Wildman–Crippen MR) is 293 cm³/mol. The number of fused-ring (bicyclic) bond motifs is 3. The second-order valence-electron chi connectivity index (χ2n) is 22.2. The smallest absolute Gasteiger partial charge is 0.329 e. The van der Waals surface area contributed by atoms with E-state index in [0.29, 0.717) is 74.8 Å². The average Bonchev–Trinajstić information content (AvgIpc) is 3.42. The zero-order valence-electron chi connectivity index (χ0n) is 47.5. The lowest BCUT2D eigenvalue weighted by Crippen LogP contribution is -2.61. The number of hydrogen-bond acceptors (Lipinski definition) is 15. The van der Waals surface area contributed by atoms with Crippen LogP contribution in [-0.2, 0) is 54.2 Å². The SMILES string of the molecule is CO[C@H]1C[C@@H]2CC[C@@H](C)[C@@](O)(O2)C(=O)C(=O)N2CCCC[C@H]2C(=O)O[C@H]([C@H](C)C[C@@H]2CC[C@@H](O)[C@H](OC)C2)C[C@@H](OC)[C@H](C)/C=C(\C)[C@@H](O)[C@@H](OC)C(=NOCc2ccc(N=[N+]=[N-])cc2)[C@H](C)C[C@H](C)/C=C/C=C/C=C/1C. The number of carbonyl (C=O) groups is 3.